The molecular formula is C45H41F3N8O6S. The summed E-state index contributed by atoms with van der Waals surface area (Å²) in [7, 11) is -4.36. The number of fused-ring (bicyclic) bond motifs is 2. The van der Waals surface area contributed by atoms with Crippen LogP contribution in [0, 0.1) is 17.0 Å². The minimum Gasteiger partial charge on any atom is -0.370 e. The lowest BCUT2D eigenvalue weighted by Gasteiger charge is -2.61. The number of H-pyrrole nitrogens is 1. The van der Waals surface area contributed by atoms with E-state index in [0.717, 1.165) is 71.5 Å². The van der Waals surface area contributed by atoms with Gasteiger partial charge in [0.15, 0.2) is 5.82 Å². The summed E-state index contributed by atoms with van der Waals surface area (Å²) in [6.07, 6.45) is 6.32. The van der Waals surface area contributed by atoms with E-state index in [1.807, 2.05) is 47.2 Å². The number of nitrogens with one attached hydrogen (secondary N) is 3. The van der Waals surface area contributed by atoms with Gasteiger partial charge in [0.25, 0.3) is 5.91 Å². The van der Waals surface area contributed by atoms with Crippen LogP contribution in [0.4, 0.5) is 24.5 Å². The van der Waals surface area contributed by atoms with Gasteiger partial charge in [0.2, 0.25) is 17.6 Å². The molecule has 4 fully saturated rings. The van der Waals surface area contributed by atoms with Crippen LogP contribution in [0.2, 0.25) is 0 Å². The molecule has 2 atom stereocenters. The minimum absolute atomic E-state index is 0.00173. The molecule has 3 aromatic carbocycles. The fourth-order valence-electron chi connectivity index (χ4n) is 9.51. The summed E-state index contributed by atoms with van der Waals surface area (Å²) in [5.74, 6) is -4.48. The van der Waals surface area contributed by atoms with Gasteiger partial charge in [0, 0.05) is 104 Å². The highest BCUT2D eigenvalue weighted by molar-refractivity contribution is 7.90. The van der Waals surface area contributed by atoms with Crippen molar-refractivity contribution in [1.82, 2.24) is 29.4 Å². The van der Waals surface area contributed by atoms with Gasteiger partial charge in [-0.25, -0.2) is 18.2 Å². The first-order valence-corrected chi connectivity index (χ1v) is 22.1. The lowest BCUT2D eigenvalue weighted by atomic mass is 9.72. The van der Waals surface area contributed by atoms with Crippen molar-refractivity contribution in [3.8, 4) is 11.1 Å². The highest BCUT2D eigenvalue weighted by Gasteiger charge is 2.51. The number of halogens is 3. The molecule has 324 valence electrons. The molecule has 2 aromatic heterocycles. The predicted octanol–water partition coefficient (Wildman–Crippen LogP) is 5.04. The molecule has 1 spiro atoms. The number of likely N-dealkylation sites (tertiary alicyclic amines) is 1. The number of alkyl halides is 1. The van der Waals surface area contributed by atoms with Crippen LogP contribution >= 0.6 is 0 Å². The van der Waals surface area contributed by atoms with Crippen LogP contribution in [0.5, 0.6) is 0 Å². The van der Waals surface area contributed by atoms with Gasteiger partial charge in [0.05, 0.1) is 11.3 Å². The Balaban J connectivity index is 0.743. The Kier molecular flexibility index (Phi) is 9.98. The van der Waals surface area contributed by atoms with Crippen LogP contribution in [0.3, 0.4) is 0 Å². The zero-order valence-corrected chi connectivity index (χ0v) is 34.6. The molecule has 0 unspecified atom stereocenters. The Morgan fingerprint density at radius 3 is 2.51 bits per heavy atom. The number of carbonyl (C=O) groups excluding carboxylic acids is 4. The standard InChI is InChI=1S/C45H41F3N8O6S/c46-30-13-15-55(21-30)63(61,62)52-36-10-9-35(47)39(40(36)48)41(58)34-19-50-42-33(34)17-28(18-49-42)27-4-6-31(7-5-27)54-24-45(25-54)22-53(23-45)14-1-2-26-3-8-32-29(16-26)20-56(44(32)60)37-11-12-38(57)51-43(37)59/h1-10,16-19,30,37,52H,11-15,20-25H2,(H,49,50)(H,51,57,59)/b2-1+/t30-,37-/m1/s1. The molecule has 3 N–H and O–H groups in total. The van der Waals surface area contributed by atoms with Gasteiger partial charge in [-0.05, 0) is 72.0 Å². The molecule has 63 heavy (non-hydrogen) atoms. The van der Waals surface area contributed by atoms with Crippen LogP contribution in [0.25, 0.3) is 28.2 Å². The second-order valence-electron chi connectivity index (χ2n) is 17.1. The van der Waals surface area contributed by atoms with Crippen molar-refractivity contribution in [2.24, 2.45) is 5.41 Å². The third kappa shape index (κ3) is 7.44. The predicted molar refractivity (Wildman–Crippen MR) is 228 cm³/mol. The number of aromatic amines is 1. The van der Waals surface area contributed by atoms with E-state index < -0.39 is 57.0 Å². The number of rotatable bonds is 11. The molecule has 5 aliphatic heterocycles. The Bertz CT molecular complexity index is 2870. The maximum atomic E-state index is 15.7. The number of hydrogen-bond acceptors (Lipinski definition) is 9. The van der Waals surface area contributed by atoms with Gasteiger partial charge < -0.3 is 14.8 Å². The molecule has 0 aliphatic carbocycles. The van der Waals surface area contributed by atoms with Crippen LogP contribution in [0.15, 0.2) is 79.1 Å². The van der Waals surface area contributed by atoms with Crippen molar-refractivity contribution >= 4 is 62.2 Å². The zero-order chi connectivity index (χ0) is 43.8. The second kappa shape index (κ2) is 15.5. The molecule has 3 amide bonds. The van der Waals surface area contributed by atoms with Crippen molar-refractivity contribution in [1.29, 1.82) is 0 Å². The Morgan fingerprint density at radius 1 is 0.968 bits per heavy atom. The molecule has 4 saturated heterocycles. The Labute approximate surface area is 359 Å². The number of carbonyl (C=O) groups is 4. The van der Waals surface area contributed by atoms with Gasteiger partial charge in [-0.15, -0.1) is 0 Å². The van der Waals surface area contributed by atoms with E-state index in [1.165, 1.54) is 6.20 Å². The van der Waals surface area contributed by atoms with E-state index in [2.05, 4.69) is 37.2 Å². The van der Waals surface area contributed by atoms with Gasteiger partial charge in [-0.1, -0.05) is 30.4 Å². The summed E-state index contributed by atoms with van der Waals surface area (Å²) in [6.45, 7) is 4.44. The first-order chi connectivity index (χ1) is 30.2. The van der Waals surface area contributed by atoms with E-state index >= 15 is 8.78 Å². The van der Waals surface area contributed by atoms with Gasteiger partial charge in [-0.3, -0.25) is 34.1 Å². The number of imide groups is 1. The molecule has 18 heteroatoms. The number of pyridine rings is 1. The lowest BCUT2D eigenvalue weighted by molar-refractivity contribution is -0.136. The van der Waals surface area contributed by atoms with Crippen molar-refractivity contribution in [3.63, 3.8) is 0 Å². The third-order valence-electron chi connectivity index (χ3n) is 12.7. The average molecular weight is 879 g/mol. The van der Waals surface area contributed by atoms with Crippen molar-refractivity contribution in [2.75, 3.05) is 55.4 Å². The molecule has 7 heterocycles. The molecule has 0 radical (unpaired) electrons. The molecule has 14 nitrogen and oxygen atoms in total. The molecule has 0 saturated carbocycles. The van der Waals surface area contributed by atoms with Gasteiger partial charge in [-0.2, -0.15) is 12.7 Å². The molecule has 5 aromatic rings. The van der Waals surface area contributed by atoms with Gasteiger partial charge in [0.1, 0.15) is 23.7 Å². The smallest absolute Gasteiger partial charge is 0.301 e. The number of aromatic nitrogens is 2. The van der Waals surface area contributed by atoms with E-state index in [1.54, 1.807) is 17.2 Å². The summed E-state index contributed by atoms with van der Waals surface area (Å²) in [5, 5.41) is 2.66. The number of anilines is 2. The van der Waals surface area contributed by atoms with Crippen molar-refractivity contribution in [2.45, 2.75) is 38.0 Å². The Hall–Kier alpha value is -6.37. The Morgan fingerprint density at radius 2 is 1.76 bits per heavy atom. The van der Waals surface area contributed by atoms with Crippen LogP contribution < -0.4 is 14.9 Å². The first kappa shape index (κ1) is 40.7. The van der Waals surface area contributed by atoms with Gasteiger partial charge >= 0.3 is 10.2 Å². The number of amides is 3. The number of ketones is 1. The largest absolute Gasteiger partial charge is 0.370 e. The normalized spacial score (nSPS) is 21.3. The quantitative estimate of drug-likeness (QED) is 0.122. The summed E-state index contributed by atoms with van der Waals surface area (Å²) < 4.78 is 72.9. The SMILES string of the molecule is O=C1CC[C@@H](N2Cc3cc(/C=C/CN4CC5(C4)CN(c4ccc(-c6cnc7[nH]cc(C(=O)c8c(F)ccc(NS(=O)(=O)N9CC[C@@H](F)C9)c8F)c7c6)cc4)C5)ccc3C2=O)C(=O)N1. The fraction of sp³-hybridized carbons (Fsp3) is 0.311. The number of piperidine rings is 1. The number of nitrogens with zero attached hydrogens (tertiary/aromatic N) is 5. The molecule has 0 bridgehead atoms. The maximum absolute atomic E-state index is 15.7. The van der Waals surface area contributed by atoms with Crippen molar-refractivity contribution < 1.29 is 40.8 Å². The van der Waals surface area contributed by atoms with Crippen LogP contribution in [0.1, 0.15) is 56.7 Å². The lowest BCUT2D eigenvalue weighted by Crippen LogP contribution is -2.72. The van der Waals surface area contributed by atoms with E-state index in [9.17, 15) is 32.0 Å². The highest BCUT2D eigenvalue weighted by Crippen LogP contribution is 2.42. The van der Waals surface area contributed by atoms with E-state index in [-0.39, 0.29) is 48.7 Å². The average Bonchev–Trinajstić information content (AvgIpc) is 3.96. The summed E-state index contributed by atoms with van der Waals surface area (Å²) in [6, 6.07) is 16.4. The molecular weight excluding hydrogens is 838 g/mol. The van der Waals surface area contributed by atoms with Crippen LogP contribution in [-0.4, -0.2) is 114 Å². The molecule has 10 rings (SSSR count). The maximum Gasteiger partial charge on any atom is 0.301 e. The number of hydrogen-bond donors (Lipinski definition) is 3. The number of benzene rings is 3. The van der Waals surface area contributed by atoms with E-state index in [0.29, 0.717) is 35.1 Å². The monoisotopic (exact) mass is 878 g/mol. The highest BCUT2D eigenvalue weighted by atomic mass is 32.2. The zero-order valence-electron chi connectivity index (χ0n) is 33.7. The minimum atomic E-state index is -4.36. The summed E-state index contributed by atoms with van der Waals surface area (Å²) in [4.78, 5) is 64.3. The van der Waals surface area contributed by atoms with Crippen LogP contribution in [-0.2, 0) is 26.3 Å². The topological polar surface area (TPSA) is 168 Å². The van der Waals surface area contributed by atoms with E-state index in [4.69, 9.17) is 0 Å². The summed E-state index contributed by atoms with van der Waals surface area (Å²) >= 11 is 0. The fourth-order valence-corrected chi connectivity index (χ4v) is 10.8. The first-order valence-electron chi connectivity index (χ1n) is 20.7. The second-order valence-corrected chi connectivity index (χ2v) is 18.7. The van der Waals surface area contributed by atoms with Crippen molar-refractivity contribution in [3.05, 3.63) is 119 Å². The summed E-state index contributed by atoms with van der Waals surface area (Å²) in [5.41, 5.74) is 3.92. The molecule has 5 aliphatic rings. The third-order valence-corrected chi connectivity index (χ3v) is 14.2.